The van der Waals surface area contributed by atoms with Crippen molar-refractivity contribution >= 4 is 17.6 Å². The molecule has 0 aliphatic carbocycles. The van der Waals surface area contributed by atoms with Gasteiger partial charge in [-0.25, -0.2) is 13.2 Å². The summed E-state index contributed by atoms with van der Waals surface area (Å²) in [6, 6.07) is 1.85. The summed E-state index contributed by atoms with van der Waals surface area (Å²) >= 11 is 5.64. The molecule has 0 spiro atoms. The number of carboxylic acid groups (broad SMARTS) is 1. The molecule has 0 saturated heterocycles. The van der Waals surface area contributed by atoms with Crippen molar-refractivity contribution in [2.45, 2.75) is 32.6 Å². The van der Waals surface area contributed by atoms with Gasteiger partial charge in [-0.1, -0.05) is 18.5 Å². The van der Waals surface area contributed by atoms with E-state index in [1.54, 1.807) is 0 Å². The summed E-state index contributed by atoms with van der Waals surface area (Å²) in [5, 5.41) is 8.21. The number of benzene rings is 1. The van der Waals surface area contributed by atoms with Gasteiger partial charge in [-0.05, 0) is 30.5 Å². The van der Waals surface area contributed by atoms with Gasteiger partial charge in [0.05, 0.1) is 5.02 Å². The Balaban J connectivity index is 2.99. The second-order valence-corrected chi connectivity index (χ2v) is 5.10. The molecule has 0 aliphatic heterocycles. The highest BCUT2D eigenvalue weighted by Gasteiger charge is 2.36. The standard InChI is InChI=1S/C13H14ClF3O2/c1-7(3-12(18)19)6-13(16,17)9-4-8(2)11(15)5-10(9)14/h4-5,7H,3,6H2,1-2H3,(H,18,19). The quantitative estimate of drug-likeness (QED) is 0.875. The molecular weight excluding hydrogens is 281 g/mol. The van der Waals surface area contributed by atoms with Gasteiger partial charge in [0.1, 0.15) is 5.82 Å². The molecular formula is C13H14ClF3O2. The van der Waals surface area contributed by atoms with Gasteiger partial charge >= 0.3 is 5.97 Å². The molecule has 1 aromatic carbocycles. The number of aliphatic carboxylic acids is 1. The van der Waals surface area contributed by atoms with Crippen molar-refractivity contribution in [2.75, 3.05) is 0 Å². The van der Waals surface area contributed by atoms with Crippen molar-refractivity contribution in [1.82, 2.24) is 0 Å². The van der Waals surface area contributed by atoms with Crippen LogP contribution in [0.15, 0.2) is 12.1 Å². The first-order valence-corrected chi connectivity index (χ1v) is 6.07. The first-order valence-electron chi connectivity index (χ1n) is 5.69. The molecule has 0 heterocycles. The van der Waals surface area contributed by atoms with E-state index in [0.29, 0.717) is 0 Å². The smallest absolute Gasteiger partial charge is 0.303 e. The summed E-state index contributed by atoms with van der Waals surface area (Å²) in [6.07, 6.45) is -1.00. The Bertz CT molecular complexity index is 489. The van der Waals surface area contributed by atoms with Crippen molar-refractivity contribution in [3.63, 3.8) is 0 Å². The lowest BCUT2D eigenvalue weighted by Crippen LogP contribution is -2.20. The van der Waals surface area contributed by atoms with E-state index >= 15 is 0 Å². The molecule has 0 saturated carbocycles. The molecule has 1 atom stereocenters. The van der Waals surface area contributed by atoms with E-state index in [2.05, 4.69) is 0 Å². The van der Waals surface area contributed by atoms with Crippen molar-refractivity contribution < 1.29 is 23.1 Å². The van der Waals surface area contributed by atoms with Gasteiger partial charge in [0.15, 0.2) is 0 Å². The molecule has 1 rings (SSSR count). The molecule has 2 nitrogen and oxygen atoms in total. The van der Waals surface area contributed by atoms with Gasteiger partial charge in [-0.3, -0.25) is 4.79 Å². The summed E-state index contributed by atoms with van der Waals surface area (Å²) in [4.78, 5) is 10.5. The Labute approximate surface area is 114 Å². The van der Waals surface area contributed by atoms with Crippen molar-refractivity contribution in [3.8, 4) is 0 Å². The van der Waals surface area contributed by atoms with E-state index in [-0.39, 0.29) is 17.0 Å². The monoisotopic (exact) mass is 294 g/mol. The molecule has 6 heteroatoms. The maximum absolute atomic E-state index is 14.0. The average molecular weight is 295 g/mol. The fourth-order valence-electron chi connectivity index (χ4n) is 1.86. The van der Waals surface area contributed by atoms with Crippen LogP contribution in [0, 0.1) is 18.7 Å². The zero-order chi connectivity index (χ0) is 14.8. The van der Waals surface area contributed by atoms with Crippen LogP contribution in [0.1, 0.15) is 30.9 Å². The molecule has 19 heavy (non-hydrogen) atoms. The largest absolute Gasteiger partial charge is 0.481 e. The van der Waals surface area contributed by atoms with E-state index in [4.69, 9.17) is 16.7 Å². The number of alkyl halides is 2. The van der Waals surface area contributed by atoms with Crippen LogP contribution in [0.3, 0.4) is 0 Å². The summed E-state index contributed by atoms with van der Waals surface area (Å²) in [5.74, 6) is -5.79. The van der Waals surface area contributed by atoms with Crippen LogP contribution in [0.5, 0.6) is 0 Å². The molecule has 0 radical (unpaired) electrons. The second kappa shape index (κ2) is 5.82. The number of rotatable bonds is 5. The first kappa shape index (κ1) is 15.8. The Hall–Kier alpha value is -1.23. The van der Waals surface area contributed by atoms with E-state index in [9.17, 15) is 18.0 Å². The summed E-state index contributed by atoms with van der Waals surface area (Å²) < 4.78 is 41.2. The average Bonchev–Trinajstić information content (AvgIpc) is 2.20. The predicted octanol–water partition coefficient (Wildman–Crippen LogP) is 4.38. The maximum atomic E-state index is 14.0. The highest BCUT2D eigenvalue weighted by molar-refractivity contribution is 6.31. The Morgan fingerprint density at radius 2 is 2.05 bits per heavy atom. The number of aryl methyl sites for hydroxylation is 1. The molecule has 0 fully saturated rings. The lowest BCUT2D eigenvalue weighted by molar-refractivity contribution is -0.138. The lowest BCUT2D eigenvalue weighted by atomic mass is 9.94. The first-order chi connectivity index (χ1) is 8.63. The zero-order valence-corrected chi connectivity index (χ0v) is 11.3. The summed E-state index contributed by atoms with van der Waals surface area (Å²) in [5.41, 5.74) is -0.393. The van der Waals surface area contributed by atoms with E-state index in [0.717, 1.165) is 12.1 Å². The predicted molar refractivity (Wildman–Crippen MR) is 66.1 cm³/mol. The highest BCUT2D eigenvalue weighted by Crippen LogP contribution is 2.40. The highest BCUT2D eigenvalue weighted by atomic mass is 35.5. The number of carboxylic acids is 1. The number of carbonyl (C=O) groups is 1. The molecule has 0 aliphatic rings. The van der Waals surface area contributed by atoms with Crippen LogP contribution in [0.25, 0.3) is 0 Å². The maximum Gasteiger partial charge on any atom is 0.303 e. The third kappa shape index (κ3) is 4.13. The van der Waals surface area contributed by atoms with Crippen LogP contribution in [0.2, 0.25) is 5.02 Å². The molecule has 1 N–H and O–H groups in total. The van der Waals surface area contributed by atoms with Gasteiger partial charge in [-0.2, -0.15) is 0 Å². The van der Waals surface area contributed by atoms with E-state index in [1.807, 2.05) is 0 Å². The van der Waals surface area contributed by atoms with Gasteiger partial charge in [0.25, 0.3) is 5.92 Å². The number of hydrogen-bond donors (Lipinski definition) is 1. The molecule has 1 aromatic rings. The fourth-order valence-corrected chi connectivity index (χ4v) is 2.14. The van der Waals surface area contributed by atoms with Crippen LogP contribution in [-0.4, -0.2) is 11.1 Å². The van der Waals surface area contributed by atoms with Crippen LogP contribution < -0.4 is 0 Å². The van der Waals surface area contributed by atoms with Crippen LogP contribution >= 0.6 is 11.6 Å². The topological polar surface area (TPSA) is 37.3 Å². The molecule has 0 amide bonds. The third-order valence-corrected chi connectivity index (χ3v) is 3.08. The minimum Gasteiger partial charge on any atom is -0.481 e. The SMILES string of the molecule is Cc1cc(C(F)(F)CC(C)CC(=O)O)c(Cl)cc1F. The van der Waals surface area contributed by atoms with Gasteiger partial charge in [0, 0.05) is 18.4 Å². The lowest BCUT2D eigenvalue weighted by Gasteiger charge is -2.21. The molecule has 0 aromatic heterocycles. The van der Waals surface area contributed by atoms with Crippen LogP contribution in [-0.2, 0) is 10.7 Å². The number of hydrogen-bond acceptors (Lipinski definition) is 1. The van der Waals surface area contributed by atoms with Gasteiger partial charge in [-0.15, -0.1) is 0 Å². The van der Waals surface area contributed by atoms with Crippen molar-refractivity contribution in [2.24, 2.45) is 5.92 Å². The molecule has 1 unspecified atom stereocenters. The van der Waals surface area contributed by atoms with E-state index < -0.39 is 35.6 Å². The fraction of sp³-hybridized carbons (Fsp3) is 0.462. The van der Waals surface area contributed by atoms with Gasteiger partial charge in [0.2, 0.25) is 0 Å². The van der Waals surface area contributed by atoms with Crippen LogP contribution in [0.4, 0.5) is 13.2 Å². The van der Waals surface area contributed by atoms with Crippen molar-refractivity contribution in [3.05, 3.63) is 34.1 Å². The van der Waals surface area contributed by atoms with Crippen molar-refractivity contribution in [1.29, 1.82) is 0 Å². The molecule has 106 valence electrons. The summed E-state index contributed by atoms with van der Waals surface area (Å²) in [7, 11) is 0. The third-order valence-electron chi connectivity index (χ3n) is 2.77. The number of halogens is 4. The second-order valence-electron chi connectivity index (χ2n) is 4.69. The normalized spacial score (nSPS) is 13.4. The summed E-state index contributed by atoms with van der Waals surface area (Å²) in [6.45, 7) is 2.79. The van der Waals surface area contributed by atoms with E-state index in [1.165, 1.54) is 13.8 Å². The molecule has 0 bridgehead atoms. The Morgan fingerprint density at radius 3 is 2.58 bits per heavy atom. The zero-order valence-electron chi connectivity index (χ0n) is 10.5. The Kier molecular flexibility index (Phi) is 4.85. The van der Waals surface area contributed by atoms with Gasteiger partial charge < -0.3 is 5.11 Å². The minimum absolute atomic E-state index is 0.0740. The Morgan fingerprint density at radius 1 is 1.47 bits per heavy atom. The minimum atomic E-state index is -3.29.